The number of halogens is 1. The fourth-order valence-electron chi connectivity index (χ4n) is 4.26. The summed E-state index contributed by atoms with van der Waals surface area (Å²) in [5.74, 6) is 0.578. The maximum absolute atomic E-state index is 6.12. The van der Waals surface area contributed by atoms with Crippen molar-refractivity contribution in [2.45, 2.75) is 38.8 Å². The Morgan fingerprint density at radius 3 is 3.00 bits per heavy atom. The number of likely N-dealkylation sites (tertiary alicyclic amines) is 1. The highest BCUT2D eigenvalue weighted by Crippen LogP contribution is 2.23. The van der Waals surface area contributed by atoms with Crippen LogP contribution in [0.25, 0.3) is 10.9 Å². The lowest BCUT2D eigenvalue weighted by molar-refractivity contribution is 0.260. The molecule has 1 saturated heterocycles. The standard InChI is InChI=1S/C23H31N5S.ClH/c1-2-27-12-3-6-20(27)17-25-11-5-13-28-14-10-18-16-19(8-9-21(18)28)26-23(24)22-7-4-15-29-22;/h4,7-10,14-16,20,25H,2-3,5-6,11-13,17H2,1H3,(H2,24,26);1H. The van der Waals surface area contributed by atoms with E-state index in [1.165, 1.54) is 36.8 Å². The van der Waals surface area contributed by atoms with Gasteiger partial charge in [-0.15, -0.1) is 23.7 Å². The van der Waals surface area contributed by atoms with Crippen molar-refractivity contribution in [3.63, 3.8) is 0 Å². The highest BCUT2D eigenvalue weighted by molar-refractivity contribution is 7.12. The normalized spacial score (nSPS) is 17.5. The average molecular weight is 446 g/mol. The van der Waals surface area contributed by atoms with E-state index in [0.717, 1.165) is 42.7 Å². The Morgan fingerprint density at radius 1 is 1.30 bits per heavy atom. The number of amidine groups is 1. The summed E-state index contributed by atoms with van der Waals surface area (Å²) >= 11 is 1.61. The van der Waals surface area contributed by atoms with Gasteiger partial charge in [-0.2, -0.15) is 0 Å². The predicted octanol–water partition coefficient (Wildman–Crippen LogP) is 4.63. The molecule has 0 bridgehead atoms. The fraction of sp³-hybridized carbons (Fsp3) is 0.435. The third-order valence-electron chi connectivity index (χ3n) is 5.82. The van der Waals surface area contributed by atoms with Gasteiger partial charge in [-0.05, 0) is 74.6 Å². The number of hydrogen-bond acceptors (Lipinski definition) is 4. The van der Waals surface area contributed by atoms with Crippen LogP contribution in [0.4, 0.5) is 5.69 Å². The number of fused-ring (bicyclic) bond motifs is 1. The topological polar surface area (TPSA) is 58.6 Å². The lowest BCUT2D eigenvalue weighted by atomic mass is 10.2. The zero-order chi connectivity index (χ0) is 20.1. The zero-order valence-electron chi connectivity index (χ0n) is 17.6. The van der Waals surface area contributed by atoms with Crippen molar-refractivity contribution >= 4 is 46.2 Å². The number of benzene rings is 1. The third-order valence-corrected chi connectivity index (χ3v) is 6.71. The molecule has 3 aromatic rings. The van der Waals surface area contributed by atoms with E-state index in [0.29, 0.717) is 5.84 Å². The van der Waals surface area contributed by atoms with Crippen molar-refractivity contribution in [2.75, 3.05) is 26.2 Å². The Labute approximate surface area is 189 Å². The average Bonchev–Trinajstić information content (AvgIpc) is 3.48. The highest BCUT2D eigenvalue weighted by Gasteiger charge is 2.21. The van der Waals surface area contributed by atoms with Crippen molar-refractivity contribution in [3.05, 3.63) is 52.9 Å². The first kappa shape index (κ1) is 22.8. The Kier molecular flexibility index (Phi) is 8.33. The van der Waals surface area contributed by atoms with Gasteiger partial charge in [0, 0.05) is 36.2 Å². The van der Waals surface area contributed by atoms with Gasteiger partial charge < -0.3 is 15.6 Å². The summed E-state index contributed by atoms with van der Waals surface area (Å²) in [5.41, 5.74) is 8.28. The largest absolute Gasteiger partial charge is 0.383 e. The van der Waals surface area contributed by atoms with Gasteiger partial charge in [-0.3, -0.25) is 4.90 Å². The van der Waals surface area contributed by atoms with Crippen LogP contribution in [0.3, 0.4) is 0 Å². The molecule has 3 heterocycles. The number of aryl methyl sites for hydroxylation is 1. The van der Waals surface area contributed by atoms with Gasteiger partial charge in [0.2, 0.25) is 0 Å². The lowest BCUT2D eigenvalue weighted by Gasteiger charge is -2.23. The van der Waals surface area contributed by atoms with Crippen LogP contribution in [0.15, 0.2) is 53.0 Å². The number of nitrogens with one attached hydrogen (secondary N) is 1. The molecule has 5 nitrogen and oxygen atoms in total. The molecule has 0 radical (unpaired) electrons. The van der Waals surface area contributed by atoms with Crippen LogP contribution in [-0.4, -0.2) is 47.5 Å². The molecular formula is C23H32ClN5S. The van der Waals surface area contributed by atoms with E-state index in [1.54, 1.807) is 11.3 Å². The molecule has 1 atom stereocenters. The van der Waals surface area contributed by atoms with E-state index in [9.17, 15) is 0 Å². The molecule has 0 aliphatic carbocycles. The minimum Gasteiger partial charge on any atom is -0.383 e. The molecule has 1 fully saturated rings. The van der Waals surface area contributed by atoms with Gasteiger partial charge in [0.25, 0.3) is 0 Å². The summed E-state index contributed by atoms with van der Waals surface area (Å²) in [4.78, 5) is 8.18. The monoisotopic (exact) mass is 445 g/mol. The van der Waals surface area contributed by atoms with Crippen molar-refractivity contribution in [1.29, 1.82) is 0 Å². The molecule has 7 heteroatoms. The highest BCUT2D eigenvalue weighted by atomic mass is 35.5. The molecule has 1 aliphatic heterocycles. The smallest absolute Gasteiger partial charge is 0.141 e. The molecule has 3 N–H and O–H groups in total. The number of hydrogen-bond donors (Lipinski definition) is 2. The first-order valence-corrected chi connectivity index (χ1v) is 11.5. The molecule has 1 aliphatic rings. The zero-order valence-corrected chi connectivity index (χ0v) is 19.2. The van der Waals surface area contributed by atoms with E-state index in [1.807, 2.05) is 17.5 Å². The van der Waals surface area contributed by atoms with Crippen LogP contribution >= 0.6 is 23.7 Å². The first-order chi connectivity index (χ1) is 14.2. The number of aliphatic imine (C=N–C) groups is 1. The summed E-state index contributed by atoms with van der Waals surface area (Å²) in [7, 11) is 0. The van der Waals surface area contributed by atoms with Gasteiger partial charge >= 0.3 is 0 Å². The minimum absolute atomic E-state index is 0. The van der Waals surface area contributed by atoms with Crippen LogP contribution in [0, 0.1) is 0 Å². The van der Waals surface area contributed by atoms with Crippen molar-refractivity contribution in [1.82, 2.24) is 14.8 Å². The Bertz CT molecular complexity index is 950. The van der Waals surface area contributed by atoms with Gasteiger partial charge in [0.15, 0.2) is 0 Å². The molecule has 0 saturated carbocycles. The molecule has 4 rings (SSSR count). The van der Waals surface area contributed by atoms with Crippen molar-refractivity contribution in [3.8, 4) is 0 Å². The maximum Gasteiger partial charge on any atom is 0.141 e. The maximum atomic E-state index is 6.12. The van der Waals surface area contributed by atoms with Crippen molar-refractivity contribution in [2.24, 2.45) is 10.7 Å². The minimum atomic E-state index is 0. The van der Waals surface area contributed by atoms with E-state index in [-0.39, 0.29) is 12.4 Å². The quantitative estimate of drug-likeness (QED) is 0.287. The van der Waals surface area contributed by atoms with E-state index in [2.05, 4.69) is 57.2 Å². The SMILES string of the molecule is CCN1CCCC1CNCCCn1ccc2cc(N=C(N)c3cccs3)ccc21.Cl. The second-order valence-corrected chi connectivity index (χ2v) is 8.66. The van der Waals surface area contributed by atoms with Gasteiger partial charge in [0.1, 0.15) is 5.84 Å². The first-order valence-electron chi connectivity index (χ1n) is 10.7. The molecular weight excluding hydrogens is 414 g/mol. The molecule has 30 heavy (non-hydrogen) atoms. The van der Waals surface area contributed by atoms with Gasteiger partial charge in [-0.25, -0.2) is 4.99 Å². The second kappa shape index (κ2) is 11.0. The number of aromatic nitrogens is 1. The van der Waals surface area contributed by atoms with Crippen LogP contribution in [-0.2, 0) is 6.54 Å². The van der Waals surface area contributed by atoms with Gasteiger partial charge in [0.05, 0.1) is 10.6 Å². The Balaban J connectivity index is 0.00000256. The summed E-state index contributed by atoms with van der Waals surface area (Å²) in [5, 5.41) is 6.89. The number of nitrogens with two attached hydrogens (primary N) is 1. The Morgan fingerprint density at radius 2 is 2.20 bits per heavy atom. The second-order valence-electron chi connectivity index (χ2n) is 7.71. The molecule has 2 aromatic heterocycles. The van der Waals surface area contributed by atoms with Crippen LogP contribution in [0.1, 0.15) is 31.1 Å². The van der Waals surface area contributed by atoms with Crippen molar-refractivity contribution < 1.29 is 0 Å². The van der Waals surface area contributed by atoms with Crippen LogP contribution < -0.4 is 11.1 Å². The molecule has 1 aromatic carbocycles. The van der Waals surface area contributed by atoms with E-state index >= 15 is 0 Å². The molecule has 1 unspecified atom stereocenters. The summed E-state index contributed by atoms with van der Waals surface area (Å²) in [6, 6.07) is 13.2. The van der Waals surface area contributed by atoms with Crippen LogP contribution in [0.5, 0.6) is 0 Å². The lowest BCUT2D eigenvalue weighted by Crippen LogP contribution is -2.38. The van der Waals surface area contributed by atoms with E-state index < -0.39 is 0 Å². The third kappa shape index (κ3) is 5.43. The summed E-state index contributed by atoms with van der Waals surface area (Å²) < 4.78 is 2.33. The number of likely N-dealkylation sites (N-methyl/N-ethyl adjacent to an activating group) is 1. The summed E-state index contributed by atoms with van der Waals surface area (Å²) in [6.07, 6.45) is 6.00. The van der Waals surface area contributed by atoms with Crippen LogP contribution in [0.2, 0.25) is 0 Å². The number of nitrogens with zero attached hydrogens (tertiary/aromatic N) is 3. The molecule has 0 amide bonds. The fourth-order valence-corrected chi connectivity index (χ4v) is 4.88. The van der Waals surface area contributed by atoms with E-state index in [4.69, 9.17) is 5.73 Å². The molecule has 0 spiro atoms. The Hall–Kier alpha value is -1.86. The summed E-state index contributed by atoms with van der Waals surface area (Å²) in [6.45, 7) is 7.91. The number of thiophene rings is 1. The van der Waals surface area contributed by atoms with Gasteiger partial charge in [-0.1, -0.05) is 13.0 Å². The number of rotatable bonds is 9. The predicted molar refractivity (Wildman–Crippen MR) is 132 cm³/mol. The molecule has 162 valence electrons.